The van der Waals surface area contributed by atoms with Gasteiger partial charge in [-0.1, -0.05) is 0 Å². The Bertz CT molecular complexity index is 396. The van der Waals surface area contributed by atoms with Crippen molar-refractivity contribution in [3.05, 3.63) is 17.0 Å². The summed E-state index contributed by atoms with van der Waals surface area (Å²) in [5, 5.41) is 14.1. The van der Waals surface area contributed by atoms with Gasteiger partial charge in [-0.3, -0.25) is 4.68 Å². The predicted octanol–water partition coefficient (Wildman–Crippen LogP) is 1.35. The highest BCUT2D eigenvalue weighted by Crippen LogP contribution is 2.14. The zero-order valence-electron chi connectivity index (χ0n) is 9.83. The number of hydrogen-bond acceptors (Lipinski definition) is 2. The van der Waals surface area contributed by atoms with E-state index in [-0.39, 0.29) is 6.10 Å². The summed E-state index contributed by atoms with van der Waals surface area (Å²) >= 11 is 0. The van der Waals surface area contributed by atoms with E-state index >= 15 is 0 Å². The molecule has 0 spiro atoms. The molecule has 1 rings (SSSR count). The molecule has 0 amide bonds. The normalized spacial score (nSPS) is 12.1. The first-order valence-corrected chi connectivity index (χ1v) is 5.13. The Hall–Kier alpha value is -1.27. The standard InChI is InChI=1S/C12H18N2O/c1-5-6-7-11(15)8-12-9(2)13-14(4)10(12)3/h11,15H,7-8H2,1-4H3. The van der Waals surface area contributed by atoms with Crippen molar-refractivity contribution in [3.63, 3.8) is 0 Å². The fourth-order valence-corrected chi connectivity index (χ4v) is 1.64. The highest BCUT2D eigenvalue weighted by molar-refractivity contribution is 5.25. The first-order valence-electron chi connectivity index (χ1n) is 5.13. The Morgan fingerprint density at radius 2 is 2.13 bits per heavy atom. The molecule has 0 saturated carbocycles. The SMILES string of the molecule is CC#CCC(O)Cc1c(C)nn(C)c1C. The maximum atomic E-state index is 9.75. The van der Waals surface area contributed by atoms with Gasteiger partial charge in [-0.2, -0.15) is 5.10 Å². The van der Waals surface area contributed by atoms with Crippen LogP contribution < -0.4 is 0 Å². The minimum atomic E-state index is -0.390. The van der Waals surface area contributed by atoms with Crippen LogP contribution >= 0.6 is 0 Å². The maximum absolute atomic E-state index is 9.75. The summed E-state index contributed by atoms with van der Waals surface area (Å²) in [6.07, 6.45) is 0.781. The van der Waals surface area contributed by atoms with Gasteiger partial charge in [0.25, 0.3) is 0 Å². The second-order valence-electron chi connectivity index (χ2n) is 3.76. The minimum absolute atomic E-state index is 0.390. The molecule has 1 atom stereocenters. The van der Waals surface area contributed by atoms with Crippen LogP contribution in [0.25, 0.3) is 0 Å². The Morgan fingerprint density at radius 1 is 1.47 bits per heavy atom. The average molecular weight is 206 g/mol. The molecule has 1 aromatic rings. The monoisotopic (exact) mass is 206 g/mol. The summed E-state index contributed by atoms with van der Waals surface area (Å²) in [6.45, 7) is 5.78. The quantitative estimate of drug-likeness (QED) is 0.758. The lowest BCUT2D eigenvalue weighted by atomic mass is 10.0. The van der Waals surface area contributed by atoms with Crippen LogP contribution in [0.15, 0.2) is 0 Å². The largest absolute Gasteiger partial charge is 0.392 e. The molecule has 15 heavy (non-hydrogen) atoms. The molecule has 0 saturated heterocycles. The molecule has 1 unspecified atom stereocenters. The Morgan fingerprint density at radius 3 is 2.60 bits per heavy atom. The molecule has 0 aromatic carbocycles. The number of aromatic nitrogens is 2. The van der Waals surface area contributed by atoms with Crippen molar-refractivity contribution in [3.8, 4) is 11.8 Å². The van der Waals surface area contributed by atoms with Gasteiger partial charge in [0.2, 0.25) is 0 Å². The van der Waals surface area contributed by atoms with E-state index in [0.29, 0.717) is 12.8 Å². The zero-order chi connectivity index (χ0) is 11.4. The highest BCUT2D eigenvalue weighted by atomic mass is 16.3. The lowest BCUT2D eigenvalue weighted by Gasteiger charge is -2.07. The van der Waals surface area contributed by atoms with E-state index < -0.39 is 0 Å². The van der Waals surface area contributed by atoms with Gasteiger partial charge >= 0.3 is 0 Å². The zero-order valence-corrected chi connectivity index (χ0v) is 9.83. The number of aryl methyl sites for hydroxylation is 2. The van der Waals surface area contributed by atoms with Gasteiger partial charge in [-0.25, -0.2) is 0 Å². The van der Waals surface area contributed by atoms with Crippen LogP contribution in [0.2, 0.25) is 0 Å². The molecule has 0 aliphatic heterocycles. The van der Waals surface area contributed by atoms with E-state index in [9.17, 15) is 5.11 Å². The van der Waals surface area contributed by atoms with Crippen LogP contribution in [0.5, 0.6) is 0 Å². The van der Waals surface area contributed by atoms with Gasteiger partial charge in [0, 0.05) is 25.6 Å². The molecule has 0 aliphatic carbocycles. The first-order chi connectivity index (χ1) is 7.06. The van der Waals surface area contributed by atoms with Crippen molar-refractivity contribution in [1.29, 1.82) is 0 Å². The van der Waals surface area contributed by atoms with Crippen molar-refractivity contribution in [1.82, 2.24) is 9.78 Å². The van der Waals surface area contributed by atoms with Gasteiger partial charge in [0.05, 0.1) is 11.8 Å². The Balaban J connectivity index is 2.74. The van der Waals surface area contributed by atoms with Crippen LogP contribution in [-0.4, -0.2) is 21.0 Å². The van der Waals surface area contributed by atoms with E-state index in [1.807, 2.05) is 25.6 Å². The molecular formula is C12H18N2O. The van der Waals surface area contributed by atoms with Gasteiger partial charge in [-0.15, -0.1) is 11.8 Å². The minimum Gasteiger partial charge on any atom is -0.392 e. The molecule has 0 bridgehead atoms. The van der Waals surface area contributed by atoms with E-state index in [1.54, 1.807) is 6.92 Å². The summed E-state index contributed by atoms with van der Waals surface area (Å²) in [5.74, 6) is 5.67. The number of hydrogen-bond donors (Lipinski definition) is 1. The van der Waals surface area contributed by atoms with Gasteiger partial charge < -0.3 is 5.11 Å². The molecule has 3 heteroatoms. The topological polar surface area (TPSA) is 38.1 Å². The third-order valence-corrected chi connectivity index (χ3v) is 2.61. The summed E-state index contributed by atoms with van der Waals surface area (Å²) in [7, 11) is 1.92. The molecule has 82 valence electrons. The summed E-state index contributed by atoms with van der Waals surface area (Å²) in [6, 6.07) is 0. The molecule has 1 aromatic heterocycles. The van der Waals surface area contributed by atoms with Gasteiger partial charge in [0.1, 0.15) is 0 Å². The van der Waals surface area contributed by atoms with Crippen LogP contribution in [0.4, 0.5) is 0 Å². The third kappa shape index (κ3) is 2.84. The molecule has 1 N–H and O–H groups in total. The summed E-state index contributed by atoms with van der Waals surface area (Å²) in [4.78, 5) is 0. The van der Waals surface area contributed by atoms with Crippen LogP contribution in [0.1, 0.15) is 30.3 Å². The smallest absolute Gasteiger partial charge is 0.0691 e. The molecular weight excluding hydrogens is 188 g/mol. The van der Waals surface area contributed by atoms with E-state index in [0.717, 1.165) is 17.0 Å². The molecule has 3 nitrogen and oxygen atoms in total. The number of aliphatic hydroxyl groups is 1. The van der Waals surface area contributed by atoms with Crippen molar-refractivity contribution in [2.75, 3.05) is 0 Å². The molecule has 1 heterocycles. The summed E-state index contributed by atoms with van der Waals surface area (Å²) < 4.78 is 1.85. The number of rotatable bonds is 3. The third-order valence-electron chi connectivity index (χ3n) is 2.61. The number of nitrogens with zero attached hydrogens (tertiary/aromatic N) is 2. The second kappa shape index (κ2) is 4.99. The van der Waals surface area contributed by atoms with Gasteiger partial charge in [0.15, 0.2) is 0 Å². The highest BCUT2D eigenvalue weighted by Gasteiger charge is 2.13. The fourth-order valence-electron chi connectivity index (χ4n) is 1.64. The van der Waals surface area contributed by atoms with Crippen LogP contribution in [0, 0.1) is 25.7 Å². The van der Waals surface area contributed by atoms with Crippen molar-refractivity contribution < 1.29 is 5.11 Å². The lowest BCUT2D eigenvalue weighted by Crippen LogP contribution is -2.10. The average Bonchev–Trinajstić information content (AvgIpc) is 2.42. The Labute approximate surface area is 91.1 Å². The Kier molecular flexibility index (Phi) is 3.93. The summed E-state index contributed by atoms with van der Waals surface area (Å²) in [5.41, 5.74) is 3.26. The lowest BCUT2D eigenvalue weighted by molar-refractivity contribution is 0.180. The molecule has 0 fully saturated rings. The van der Waals surface area contributed by atoms with E-state index in [4.69, 9.17) is 0 Å². The van der Waals surface area contributed by atoms with Crippen molar-refractivity contribution in [2.24, 2.45) is 7.05 Å². The maximum Gasteiger partial charge on any atom is 0.0691 e. The number of aliphatic hydroxyl groups excluding tert-OH is 1. The van der Waals surface area contributed by atoms with Crippen LogP contribution in [-0.2, 0) is 13.5 Å². The van der Waals surface area contributed by atoms with Crippen molar-refractivity contribution >= 4 is 0 Å². The van der Waals surface area contributed by atoms with E-state index in [2.05, 4.69) is 16.9 Å². The fraction of sp³-hybridized carbons (Fsp3) is 0.583. The molecule has 0 aliphatic rings. The van der Waals surface area contributed by atoms with Crippen molar-refractivity contribution in [2.45, 2.75) is 39.7 Å². The second-order valence-corrected chi connectivity index (χ2v) is 3.76. The first kappa shape index (κ1) is 11.8. The van der Waals surface area contributed by atoms with Gasteiger partial charge in [-0.05, 0) is 26.3 Å². The predicted molar refractivity (Wildman–Crippen MR) is 60.5 cm³/mol. The molecule has 0 radical (unpaired) electrons. The van der Waals surface area contributed by atoms with Crippen LogP contribution in [0.3, 0.4) is 0 Å². The van der Waals surface area contributed by atoms with E-state index in [1.165, 1.54) is 0 Å².